The fourth-order valence-corrected chi connectivity index (χ4v) is 2.88. The molecule has 0 spiro atoms. The van der Waals surface area contributed by atoms with E-state index in [2.05, 4.69) is 48.6 Å². The first kappa shape index (κ1) is 17.9. The van der Waals surface area contributed by atoms with E-state index < -0.39 is 0 Å². The molecule has 0 fully saturated rings. The fraction of sp³-hybridized carbons (Fsp3) is 0.217. The standard InChI is InChI=1S/C23H24N2O/c1-3-19-9-11-22(12-10-19)24-23(26)18(2)25-15-13-21(14-16-25)17-20-7-5-4-6-8-20/h4-16,18H,3,17H2,1-2H3/p+1/t18-/m1/s1. The van der Waals surface area contributed by atoms with Crippen molar-refractivity contribution in [2.24, 2.45) is 0 Å². The van der Waals surface area contributed by atoms with Crippen molar-refractivity contribution in [2.45, 2.75) is 32.7 Å². The van der Waals surface area contributed by atoms with Crippen LogP contribution in [0.1, 0.15) is 36.6 Å². The summed E-state index contributed by atoms with van der Waals surface area (Å²) in [7, 11) is 0. The summed E-state index contributed by atoms with van der Waals surface area (Å²) in [4.78, 5) is 12.5. The normalized spacial score (nSPS) is 11.8. The zero-order valence-electron chi connectivity index (χ0n) is 15.4. The van der Waals surface area contributed by atoms with Crippen LogP contribution in [0.15, 0.2) is 79.1 Å². The molecule has 1 heterocycles. The number of aromatic nitrogens is 1. The van der Waals surface area contributed by atoms with Crippen LogP contribution in [0, 0.1) is 0 Å². The minimum absolute atomic E-state index is 0.0185. The molecule has 3 aromatic rings. The molecule has 1 aromatic heterocycles. The van der Waals surface area contributed by atoms with Crippen LogP contribution < -0.4 is 9.88 Å². The topological polar surface area (TPSA) is 33.0 Å². The Balaban J connectivity index is 1.63. The van der Waals surface area contributed by atoms with Crippen LogP contribution in [0.25, 0.3) is 0 Å². The Morgan fingerprint density at radius 2 is 1.50 bits per heavy atom. The Morgan fingerprint density at radius 1 is 0.885 bits per heavy atom. The SMILES string of the molecule is CCc1ccc(NC(=O)[C@@H](C)[n+]2ccc(Cc3ccccc3)cc2)cc1. The minimum Gasteiger partial charge on any atom is -0.320 e. The van der Waals surface area contributed by atoms with E-state index in [1.165, 1.54) is 16.7 Å². The average molecular weight is 345 g/mol. The van der Waals surface area contributed by atoms with E-state index in [0.29, 0.717) is 0 Å². The largest absolute Gasteiger partial charge is 0.320 e. The maximum Gasteiger partial charge on any atom is 0.293 e. The number of hydrogen-bond donors (Lipinski definition) is 1. The molecule has 0 aliphatic rings. The van der Waals surface area contributed by atoms with Gasteiger partial charge in [-0.15, -0.1) is 0 Å². The molecule has 3 heteroatoms. The van der Waals surface area contributed by atoms with E-state index in [9.17, 15) is 4.79 Å². The number of nitrogens with zero attached hydrogens (tertiary/aromatic N) is 1. The smallest absolute Gasteiger partial charge is 0.293 e. The second-order valence-corrected chi connectivity index (χ2v) is 6.53. The number of anilines is 1. The van der Waals surface area contributed by atoms with Crippen molar-refractivity contribution in [3.63, 3.8) is 0 Å². The van der Waals surface area contributed by atoms with Crippen molar-refractivity contribution in [1.29, 1.82) is 0 Å². The molecule has 132 valence electrons. The van der Waals surface area contributed by atoms with Crippen molar-refractivity contribution >= 4 is 11.6 Å². The van der Waals surface area contributed by atoms with Gasteiger partial charge in [0.1, 0.15) is 0 Å². The molecule has 0 unspecified atom stereocenters. The zero-order valence-corrected chi connectivity index (χ0v) is 15.4. The number of benzene rings is 2. The molecule has 1 amide bonds. The molecule has 26 heavy (non-hydrogen) atoms. The third-order valence-electron chi connectivity index (χ3n) is 4.63. The van der Waals surface area contributed by atoms with Crippen LogP contribution in [0.5, 0.6) is 0 Å². The Bertz CT molecular complexity index is 840. The Labute approximate surface area is 155 Å². The average Bonchev–Trinajstić information content (AvgIpc) is 2.69. The monoisotopic (exact) mass is 345 g/mol. The van der Waals surface area contributed by atoms with E-state index >= 15 is 0 Å². The van der Waals surface area contributed by atoms with E-state index in [4.69, 9.17) is 0 Å². The molecular weight excluding hydrogens is 320 g/mol. The predicted molar refractivity (Wildman–Crippen MR) is 105 cm³/mol. The first-order valence-electron chi connectivity index (χ1n) is 9.09. The van der Waals surface area contributed by atoms with Crippen molar-refractivity contribution in [1.82, 2.24) is 0 Å². The summed E-state index contributed by atoms with van der Waals surface area (Å²) in [5, 5.41) is 2.99. The Morgan fingerprint density at radius 3 is 2.12 bits per heavy atom. The molecule has 0 saturated heterocycles. The van der Waals surface area contributed by atoms with Gasteiger partial charge in [0.05, 0.1) is 0 Å². The van der Waals surface area contributed by atoms with Gasteiger partial charge in [-0.3, -0.25) is 4.79 Å². The van der Waals surface area contributed by atoms with Gasteiger partial charge >= 0.3 is 0 Å². The van der Waals surface area contributed by atoms with Crippen molar-refractivity contribution in [2.75, 3.05) is 5.32 Å². The lowest BCUT2D eigenvalue weighted by Crippen LogP contribution is -2.44. The molecule has 0 aliphatic carbocycles. The molecule has 1 atom stereocenters. The highest BCUT2D eigenvalue weighted by Crippen LogP contribution is 2.12. The molecular formula is C23H25N2O+. The van der Waals surface area contributed by atoms with E-state index in [1.54, 1.807) is 0 Å². The highest BCUT2D eigenvalue weighted by atomic mass is 16.2. The first-order valence-corrected chi connectivity index (χ1v) is 9.09. The van der Waals surface area contributed by atoms with Crippen LogP contribution in [-0.4, -0.2) is 5.91 Å². The summed E-state index contributed by atoms with van der Waals surface area (Å²) in [6.45, 7) is 4.03. The summed E-state index contributed by atoms with van der Waals surface area (Å²) in [5.74, 6) is -0.0185. The third-order valence-corrected chi connectivity index (χ3v) is 4.63. The van der Waals surface area contributed by atoms with Gasteiger partial charge in [0.2, 0.25) is 6.04 Å². The van der Waals surface area contributed by atoms with Gasteiger partial charge in [0.15, 0.2) is 12.4 Å². The summed E-state index contributed by atoms with van der Waals surface area (Å²) in [6, 6.07) is 22.3. The van der Waals surface area contributed by atoms with Crippen LogP contribution in [0.2, 0.25) is 0 Å². The summed E-state index contributed by atoms with van der Waals surface area (Å²) >= 11 is 0. The van der Waals surface area contributed by atoms with Gasteiger partial charge in [-0.05, 0) is 41.7 Å². The second-order valence-electron chi connectivity index (χ2n) is 6.53. The summed E-state index contributed by atoms with van der Waals surface area (Å²) in [5.41, 5.74) is 4.61. The number of pyridine rings is 1. The predicted octanol–water partition coefficient (Wildman–Crippen LogP) is 4.33. The third kappa shape index (κ3) is 4.57. The molecule has 3 nitrogen and oxygen atoms in total. The molecule has 0 saturated carbocycles. The molecule has 1 N–H and O–H groups in total. The fourth-order valence-electron chi connectivity index (χ4n) is 2.88. The highest BCUT2D eigenvalue weighted by molar-refractivity contribution is 5.92. The molecule has 0 radical (unpaired) electrons. The number of amides is 1. The van der Waals surface area contributed by atoms with Gasteiger partial charge in [0.25, 0.3) is 5.91 Å². The van der Waals surface area contributed by atoms with Crippen molar-refractivity contribution < 1.29 is 9.36 Å². The van der Waals surface area contributed by atoms with Gasteiger partial charge in [0, 0.05) is 24.7 Å². The minimum atomic E-state index is -0.272. The Hall–Kier alpha value is -2.94. The zero-order chi connectivity index (χ0) is 18.4. The van der Waals surface area contributed by atoms with Crippen LogP contribution in [-0.2, 0) is 17.6 Å². The summed E-state index contributed by atoms with van der Waals surface area (Å²) < 4.78 is 1.93. The summed E-state index contributed by atoms with van der Waals surface area (Å²) in [6.07, 6.45) is 5.84. The Kier molecular flexibility index (Phi) is 5.80. The molecule has 0 bridgehead atoms. The first-order chi connectivity index (χ1) is 12.7. The highest BCUT2D eigenvalue weighted by Gasteiger charge is 2.21. The number of carbonyl (C=O) groups is 1. The van der Waals surface area contributed by atoms with Crippen molar-refractivity contribution in [3.05, 3.63) is 95.8 Å². The number of aryl methyl sites for hydroxylation is 1. The molecule has 3 rings (SSSR count). The quantitative estimate of drug-likeness (QED) is 0.663. The van der Waals surface area contributed by atoms with Crippen LogP contribution >= 0.6 is 0 Å². The maximum atomic E-state index is 12.5. The van der Waals surface area contributed by atoms with E-state index in [-0.39, 0.29) is 11.9 Å². The maximum absolute atomic E-state index is 12.5. The van der Waals surface area contributed by atoms with Crippen molar-refractivity contribution in [3.8, 4) is 0 Å². The number of nitrogens with one attached hydrogen (secondary N) is 1. The van der Waals surface area contributed by atoms with E-state index in [1.807, 2.05) is 54.2 Å². The van der Waals surface area contributed by atoms with Gasteiger partial charge in [-0.1, -0.05) is 49.4 Å². The number of hydrogen-bond acceptors (Lipinski definition) is 1. The van der Waals surface area contributed by atoms with Gasteiger partial charge in [-0.2, -0.15) is 4.57 Å². The van der Waals surface area contributed by atoms with E-state index in [0.717, 1.165) is 18.5 Å². The van der Waals surface area contributed by atoms with Crippen LogP contribution in [0.3, 0.4) is 0 Å². The molecule has 2 aromatic carbocycles. The van der Waals surface area contributed by atoms with Gasteiger partial charge < -0.3 is 5.32 Å². The van der Waals surface area contributed by atoms with Gasteiger partial charge in [-0.25, -0.2) is 0 Å². The lowest BCUT2D eigenvalue weighted by Gasteiger charge is -2.10. The molecule has 0 aliphatic heterocycles. The lowest BCUT2D eigenvalue weighted by molar-refractivity contribution is -0.705. The number of rotatable bonds is 6. The van der Waals surface area contributed by atoms with Crippen LogP contribution in [0.4, 0.5) is 5.69 Å². The second kappa shape index (κ2) is 8.43. The lowest BCUT2D eigenvalue weighted by atomic mass is 10.1. The number of carbonyl (C=O) groups excluding carboxylic acids is 1.